The number of hydrogen-bond donors (Lipinski definition) is 1. The number of rotatable bonds is 4. The molecule has 1 N–H and O–H groups in total. The molecule has 0 saturated heterocycles. The summed E-state index contributed by atoms with van der Waals surface area (Å²) in [6, 6.07) is 1.25. The smallest absolute Gasteiger partial charge is 0.0613 e. The summed E-state index contributed by atoms with van der Waals surface area (Å²) in [4.78, 5) is 0. The van der Waals surface area contributed by atoms with E-state index in [2.05, 4.69) is 19.2 Å². The quantitative estimate of drug-likeness (QED) is 0.696. The van der Waals surface area contributed by atoms with E-state index in [0.717, 1.165) is 18.6 Å². The summed E-state index contributed by atoms with van der Waals surface area (Å²) in [5, 5.41) is 3.59. The molecule has 0 aromatic rings. The second kappa shape index (κ2) is 4.83. The predicted octanol–water partition coefficient (Wildman–Crippen LogP) is 1.80. The Kier molecular flexibility index (Phi) is 4.02. The van der Waals surface area contributed by atoms with Crippen LogP contribution in [0.4, 0.5) is 0 Å². The molecule has 0 aromatic heterocycles. The van der Waals surface area contributed by atoms with Gasteiger partial charge in [0.05, 0.1) is 6.61 Å². The van der Waals surface area contributed by atoms with E-state index in [4.69, 9.17) is 4.74 Å². The normalized spacial score (nSPS) is 32.2. The van der Waals surface area contributed by atoms with Gasteiger partial charge in [-0.1, -0.05) is 6.92 Å². The van der Waals surface area contributed by atoms with Gasteiger partial charge in [-0.2, -0.15) is 0 Å². The Hall–Kier alpha value is -0.0800. The maximum Gasteiger partial charge on any atom is 0.0613 e. The average molecular weight is 171 g/mol. The highest BCUT2D eigenvalue weighted by Crippen LogP contribution is 2.24. The third kappa shape index (κ3) is 3.11. The van der Waals surface area contributed by atoms with Gasteiger partial charge in [-0.15, -0.1) is 0 Å². The molecule has 1 rings (SSSR count). The zero-order valence-corrected chi connectivity index (χ0v) is 8.47. The first-order chi connectivity index (χ1) is 5.72. The van der Waals surface area contributed by atoms with Gasteiger partial charge in [0.25, 0.3) is 0 Å². The van der Waals surface area contributed by atoms with E-state index >= 15 is 0 Å². The lowest BCUT2D eigenvalue weighted by atomic mass is 10.1. The van der Waals surface area contributed by atoms with Crippen molar-refractivity contribution < 1.29 is 4.74 Å². The van der Waals surface area contributed by atoms with Crippen molar-refractivity contribution in [2.45, 2.75) is 45.2 Å². The molecule has 0 spiro atoms. The molecule has 1 saturated carbocycles. The van der Waals surface area contributed by atoms with Crippen molar-refractivity contribution in [1.82, 2.24) is 5.32 Å². The Balaban J connectivity index is 2.14. The summed E-state index contributed by atoms with van der Waals surface area (Å²) in [6.07, 6.45) is 4.07. The summed E-state index contributed by atoms with van der Waals surface area (Å²) in [5.41, 5.74) is 0. The fourth-order valence-corrected chi connectivity index (χ4v) is 2.06. The summed E-state index contributed by atoms with van der Waals surface area (Å²) in [6.45, 7) is 5.35. The van der Waals surface area contributed by atoms with Crippen LogP contribution in [0, 0.1) is 5.92 Å². The van der Waals surface area contributed by atoms with Gasteiger partial charge in [0, 0.05) is 19.2 Å². The minimum absolute atomic E-state index is 0.505. The Morgan fingerprint density at radius 3 is 2.75 bits per heavy atom. The molecule has 1 aliphatic carbocycles. The Morgan fingerprint density at radius 2 is 2.25 bits per heavy atom. The molecular weight excluding hydrogens is 150 g/mol. The van der Waals surface area contributed by atoms with Crippen LogP contribution < -0.4 is 5.32 Å². The zero-order valence-electron chi connectivity index (χ0n) is 8.47. The van der Waals surface area contributed by atoms with Crippen LogP contribution in [0.5, 0.6) is 0 Å². The average Bonchev–Trinajstić information content (AvgIpc) is 2.36. The van der Waals surface area contributed by atoms with Crippen molar-refractivity contribution >= 4 is 0 Å². The number of hydrogen-bond acceptors (Lipinski definition) is 2. The molecule has 12 heavy (non-hydrogen) atoms. The molecule has 0 aromatic carbocycles. The lowest BCUT2D eigenvalue weighted by Gasteiger charge is -2.18. The fourth-order valence-electron chi connectivity index (χ4n) is 2.06. The Bertz CT molecular complexity index is 127. The fraction of sp³-hybridized carbons (Fsp3) is 1.00. The predicted molar refractivity (Wildman–Crippen MR) is 51.3 cm³/mol. The van der Waals surface area contributed by atoms with Gasteiger partial charge < -0.3 is 10.1 Å². The van der Waals surface area contributed by atoms with Gasteiger partial charge in [0.15, 0.2) is 0 Å². The molecule has 0 aliphatic heterocycles. The summed E-state index contributed by atoms with van der Waals surface area (Å²) in [5.74, 6) is 0.914. The summed E-state index contributed by atoms with van der Waals surface area (Å²) >= 11 is 0. The molecule has 2 nitrogen and oxygen atoms in total. The maximum absolute atomic E-state index is 5.08. The van der Waals surface area contributed by atoms with E-state index in [1.54, 1.807) is 7.11 Å². The highest BCUT2D eigenvalue weighted by Gasteiger charge is 2.21. The van der Waals surface area contributed by atoms with Crippen molar-refractivity contribution in [3.05, 3.63) is 0 Å². The SMILES string of the molecule is COC[C@H](C)N[C@H]1CC[C@@H](C)C1. The number of methoxy groups -OCH3 is 1. The summed E-state index contributed by atoms with van der Waals surface area (Å²) in [7, 11) is 1.76. The van der Waals surface area contributed by atoms with Gasteiger partial charge in [-0.3, -0.25) is 0 Å². The van der Waals surface area contributed by atoms with Crippen LogP contribution in [0.15, 0.2) is 0 Å². The van der Waals surface area contributed by atoms with Crippen LogP contribution in [-0.4, -0.2) is 25.8 Å². The lowest BCUT2D eigenvalue weighted by molar-refractivity contribution is 0.166. The van der Waals surface area contributed by atoms with Gasteiger partial charge in [-0.25, -0.2) is 0 Å². The first kappa shape index (κ1) is 10.0. The molecule has 0 radical (unpaired) electrons. The number of nitrogens with one attached hydrogen (secondary N) is 1. The van der Waals surface area contributed by atoms with Crippen molar-refractivity contribution in [3.63, 3.8) is 0 Å². The molecular formula is C10H21NO. The molecule has 1 fully saturated rings. The standard InChI is InChI=1S/C10H21NO/c1-8-4-5-10(6-8)11-9(2)7-12-3/h8-11H,4-7H2,1-3H3/t8-,9+,10+/m1/s1. The molecule has 0 heterocycles. The van der Waals surface area contributed by atoms with E-state index in [1.165, 1.54) is 19.3 Å². The minimum Gasteiger partial charge on any atom is -0.383 e. The third-order valence-electron chi connectivity index (χ3n) is 2.63. The van der Waals surface area contributed by atoms with Crippen molar-refractivity contribution in [3.8, 4) is 0 Å². The van der Waals surface area contributed by atoms with Crippen LogP contribution in [0.1, 0.15) is 33.1 Å². The first-order valence-corrected chi connectivity index (χ1v) is 4.97. The second-order valence-electron chi connectivity index (χ2n) is 4.14. The van der Waals surface area contributed by atoms with Gasteiger partial charge in [0.1, 0.15) is 0 Å². The van der Waals surface area contributed by atoms with E-state index in [1.807, 2.05) is 0 Å². The van der Waals surface area contributed by atoms with E-state index in [9.17, 15) is 0 Å². The lowest BCUT2D eigenvalue weighted by Crippen LogP contribution is -2.37. The molecule has 1 aliphatic rings. The summed E-state index contributed by atoms with van der Waals surface area (Å²) < 4.78 is 5.08. The van der Waals surface area contributed by atoms with Crippen molar-refractivity contribution in [1.29, 1.82) is 0 Å². The van der Waals surface area contributed by atoms with Crippen molar-refractivity contribution in [2.75, 3.05) is 13.7 Å². The van der Waals surface area contributed by atoms with Crippen molar-refractivity contribution in [2.24, 2.45) is 5.92 Å². The number of ether oxygens (including phenoxy) is 1. The second-order valence-corrected chi connectivity index (χ2v) is 4.14. The monoisotopic (exact) mass is 171 g/mol. The van der Waals surface area contributed by atoms with Crippen LogP contribution in [0.3, 0.4) is 0 Å². The first-order valence-electron chi connectivity index (χ1n) is 4.97. The van der Waals surface area contributed by atoms with Crippen LogP contribution >= 0.6 is 0 Å². The highest BCUT2D eigenvalue weighted by atomic mass is 16.5. The van der Waals surface area contributed by atoms with Crippen LogP contribution in [-0.2, 0) is 4.74 Å². The van der Waals surface area contributed by atoms with Crippen LogP contribution in [0.25, 0.3) is 0 Å². The van der Waals surface area contributed by atoms with Gasteiger partial charge >= 0.3 is 0 Å². The topological polar surface area (TPSA) is 21.3 Å². The van der Waals surface area contributed by atoms with E-state index < -0.39 is 0 Å². The zero-order chi connectivity index (χ0) is 8.97. The molecule has 3 atom stereocenters. The molecule has 72 valence electrons. The molecule has 0 unspecified atom stereocenters. The largest absolute Gasteiger partial charge is 0.383 e. The molecule has 0 bridgehead atoms. The highest BCUT2D eigenvalue weighted by molar-refractivity contribution is 4.80. The van der Waals surface area contributed by atoms with Gasteiger partial charge in [0.2, 0.25) is 0 Å². The Labute approximate surface area is 75.7 Å². The third-order valence-corrected chi connectivity index (χ3v) is 2.63. The van der Waals surface area contributed by atoms with E-state index in [0.29, 0.717) is 6.04 Å². The van der Waals surface area contributed by atoms with Crippen LogP contribution in [0.2, 0.25) is 0 Å². The minimum atomic E-state index is 0.505. The molecule has 0 amide bonds. The molecule has 2 heteroatoms. The Morgan fingerprint density at radius 1 is 1.50 bits per heavy atom. The maximum atomic E-state index is 5.08. The van der Waals surface area contributed by atoms with E-state index in [-0.39, 0.29) is 0 Å². The van der Waals surface area contributed by atoms with Gasteiger partial charge in [-0.05, 0) is 32.1 Å².